The summed E-state index contributed by atoms with van der Waals surface area (Å²) < 4.78 is 7.35. The van der Waals surface area contributed by atoms with Crippen LogP contribution in [0.4, 0.5) is 0 Å². The van der Waals surface area contributed by atoms with Crippen molar-refractivity contribution in [1.82, 2.24) is 9.55 Å². The molecule has 6 heteroatoms. The molecular weight excluding hydrogens is 402 g/mol. The van der Waals surface area contributed by atoms with E-state index in [1.165, 1.54) is 6.26 Å². The van der Waals surface area contributed by atoms with Crippen LogP contribution in [0.5, 0.6) is 0 Å². The molecule has 156 valence electrons. The molecule has 1 N–H and O–H groups in total. The Bertz CT molecular complexity index is 1740. The van der Waals surface area contributed by atoms with Gasteiger partial charge < -0.3 is 14.3 Å². The lowest BCUT2D eigenvalue weighted by Gasteiger charge is -2.16. The molecule has 2 aromatic heterocycles. The summed E-state index contributed by atoms with van der Waals surface area (Å²) in [4.78, 5) is 30.0. The maximum absolute atomic E-state index is 13.4. The minimum absolute atomic E-state index is 0.0812. The third-order valence-electron chi connectivity index (χ3n) is 5.82. The molecular formula is C26H19N3O3. The second-order valence-electron chi connectivity index (χ2n) is 7.78. The minimum Gasteiger partial charge on any atom is -0.500 e. The molecule has 0 unspecified atom stereocenters. The molecule has 2 heterocycles. The number of H-pyrrole nitrogens is 1. The van der Waals surface area contributed by atoms with E-state index in [4.69, 9.17) is 4.74 Å². The normalized spacial score (nSPS) is 11.2. The molecule has 5 aromatic rings. The molecule has 3 aromatic carbocycles. The summed E-state index contributed by atoms with van der Waals surface area (Å²) >= 11 is 0. The first-order valence-electron chi connectivity index (χ1n) is 10.2. The largest absolute Gasteiger partial charge is 0.500 e. The molecule has 0 aliphatic heterocycles. The molecule has 0 aliphatic carbocycles. The molecule has 5 rings (SSSR count). The number of hydrogen-bond donors (Lipinski definition) is 1. The molecule has 0 bridgehead atoms. The Morgan fingerprint density at radius 1 is 0.969 bits per heavy atom. The summed E-state index contributed by atoms with van der Waals surface area (Å²) in [6.07, 6.45) is 1.38. The maximum atomic E-state index is 13.4. The van der Waals surface area contributed by atoms with Crippen LogP contribution in [0.3, 0.4) is 0 Å². The van der Waals surface area contributed by atoms with Crippen molar-refractivity contribution in [3.8, 4) is 6.07 Å². The quantitative estimate of drug-likeness (QED) is 0.263. The first kappa shape index (κ1) is 19.6. The van der Waals surface area contributed by atoms with Gasteiger partial charge in [0.2, 0.25) is 0 Å². The van der Waals surface area contributed by atoms with Gasteiger partial charge in [0.1, 0.15) is 6.61 Å². The van der Waals surface area contributed by atoms with E-state index in [9.17, 15) is 14.9 Å². The summed E-state index contributed by atoms with van der Waals surface area (Å²) in [7, 11) is 0. The van der Waals surface area contributed by atoms with E-state index in [1.54, 1.807) is 30.3 Å². The van der Waals surface area contributed by atoms with Crippen molar-refractivity contribution in [2.75, 3.05) is 6.61 Å². The fourth-order valence-corrected chi connectivity index (χ4v) is 4.30. The number of nitriles is 1. The Labute approximate surface area is 182 Å². The summed E-state index contributed by atoms with van der Waals surface area (Å²) in [5.41, 5.74) is 3.80. The molecule has 0 fully saturated rings. The number of nitrogens with zero attached hydrogens (tertiary/aromatic N) is 2. The van der Waals surface area contributed by atoms with Gasteiger partial charge in [0.05, 0.1) is 41.0 Å². The number of nitrogens with one attached hydrogen (secondary N) is 1. The number of benzene rings is 3. The van der Waals surface area contributed by atoms with Gasteiger partial charge in [-0.25, -0.2) is 0 Å². The standard InChI is InChI=1S/C26H19N3O3/c1-3-32-9-8-29-23-7-4-15(2)10-19(23)26(31)20-12-22-18(13-24(20)29)25(30)17-11-16(14-27)5-6-21(17)28-22/h3-7,10-13H,1,8-9H2,2H3,(H,28,30). The molecule has 0 saturated heterocycles. The van der Waals surface area contributed by atoms with Crippen molar-refractivity contribution in [2.24, 2.45) is 0 Å². The molecule has 32 heavy (non-hydrogen) atoms. The lowest BCUT2D eigenvalue weighted by molar-refractivity contribution is 0.239. The predicted octanol–water partition coefficient (Wildman–Crippen LogP) is 4.49. The van der Waals surface area contributed by atoms with E-state index in [0.717, 1.165) is 11.1 Å². The van der Waals surface area contributed by atoms with Crippen LogP contribution >= 0.6 is 0 Å². The smallest absolute Gasteiger partial charge is 0.197 e. The monoisotopic (exact) mass is 421 g/mol. The third-order valence-corrected chi connectivity index (χ3v) is 5.82. The average molecular weight is 421 g/mol. The number of rotatable bonds is 4. The van der Waals surface area contributed by atoms with Gasteiger partial charge in [-0.2, -0.15) is 5.26 Å². The molecule has 0 saturated carbocycles. The van der Waals surface area contributed by atoms with Crippen LogP contribution in [-0.4, -0.2) is 16.2 Å². The third kappa shape index (κ3) is 2.95. The number of aryl methyl sites for hydroxylation is 1. The highest BCUT2D eigenvalue weighted by molar-refractivity contribution is 6.03. The van der Waals surface area contributed by atoms with Crippen molar-refractivity contribution in [3.63, 3.8) is 0 Å². The van der Waals surface area contributed by atoms with Crippen molar-refractivity contribution in [2.45, 2.75) is 13.5 Å². The molecule has 0 atom stereocenters. The van der Waals surface area contributed by atoms with Gasteiger partial charge >= 0.3 is 0 Å². The van der Waals surface area contributed by atoms with Crippen molar-refractivity contribution in [3.05, 3.63) is 92.9 Å². The first-order valence-corrected chi connectivity index (χ1v) is 10.2. The van der Waals surface area contributed by atoms with Gasteiger partial charge in [0.25, 0.3) is 0 Å². The van der Waals surface area contributed by atoms with Gasteiger partial charge in [-0.15, -0.1) is 0 Å². The number of aromatic nitrogens is 2. The maximum Gasteiger partial charge on any atom is 0.197 e. The first-order chi connectivity index (χ1) is 15.5. The van der Waals surface area contributed by atoms with Crippen LogP contribution in [0, 0.1) is 18.3 Å². The summed E-state index contributed by atoms with van der Waals surface area (Å²) in [5, 5.41) is 11.3. The lowest BCUT2D eigenvalue weighted by atomic mass is 10.0. The summed E-state index contributed by atoms with van der Waals surface area (Å²) in [6, 6.07) is 16.3. The highest BCUT2D eigenvalue weighted by atomic mass is 16.5. The van der Waals surface area contributed by atoms with Gasteiger partial charge in [-0.3, -0.25) is 9.59 Å². The van der Waals surface area contributed by atoms with Crippen LogP contribution in [0.2, 0.25) is 0 Å². The van der Waals surface area contributed by atoms with Gasteiger partial charge in [0.15, 0.2) is 10.9 Å². The Morgan fingerprint density at radius 2 is 1.72 bits per heavy atom. The van der Waals surface area contributed by atoms with E-state index in [1.807, 2.05) is 29.7 Å². The number of hydrogen-bond acceptors (Lipinski definition) is 4. The predicted molar refractivity (Wildman–Crippen MR) is 127 cm³/mol. The second-order valence-corrected chi connectivity index (χ2v) is 7.78. The van der Waals surface area contributed by atoms with E-state index in [-0.39, 0.29) is 10.9 Å². The van der Waals surface area contributed by atoms with E-state index < -0.39 is 0 Å². The minimum atomic E-state index is -0.182. The fourth-order valence-electron chi connectivity index (χ4n) is 4.30. The Kier molecular flexibility index (Phi) is 4.53. The van der Waals surface area contributed by atoms with Crippen LogP contribution in [-0.2, 0) is 11.3 Å². The van der Waals surface area contributed by atoms with Gasteiger partial charge in [-0.05, 0) is 49.4 Å². The molecule has 0 aliphatic rings. The number of fused-ring (bicyclic) bond motifs is 4. The Morgan fingerprint density at radius 3 is 2.50 bits per heavy atom. The van der Waals surface area contributed by atoms with E-state index in [0.29, 0.717) is 56.8 Å². The van der Waals surface area contributed by atoms with Crippen LogP contribution < -0.4 is 10.9 Å². The van der Waals surface area contributed by atoms with E-state index in [2.05, 4.69) is 17.6 Å². The van der Waals surface area contributed by atoms with Crippen LogP contribution in [0.15, 0.2) is 71.0 Å². The number of ether oxygens (including phenoxy) is 1. The van der Waals surface area contributed by atoms with Crippen molar-refractivity contribution >= 4 is 43.6 Å². The zero-order valence-electron chi connectivity index (χ0n) is 17.4. The van der Waals surface area contributed by atoms with Gasteiger partial charge in [0, 0.05) is 27.1 Å². The van der Waals surface area contributed by atoms with Crippen LogP contribution in [0.25, 0.3) is 43.6 Å². The van der Waals surface area contributed by atoms with Crippen LogP contribution in [0.1, 0.15) is 11.1 Å². The van der Waals surface area contributed by atoms with Gasteiger partial charge in [-0.1, -0.05) is 18.2 Å². The highest BCUT2D eigenvalue weighted by Crippen LogP contribution is 2.25. The molecule has 0 spiro atoms. The Balaban J connectivity index is 1.94. The highest BCUT2D eigenvalue weighted by Gasteiger charge is 2.15. The summed E-state index contributed by atoms with van der Waals surface area (Å²) in [5.74, 6) is 0. The lowest BCUT2D eigenvalue weighted by Crippen LogP contribution is -2.15. The zero-order valence-corrected chi connectivity index (χ0v) is 17.4. The zero-order chi connectivity index (χ0) is 22.4. The van der Waals surface area contributed by atoms with Crippen molar-refractivity contribution in [1.29, 1.82) is 5.26 Å². The Hall–Kier alpha value is -4.37. The van der Waals surface area contributed by atoms with E-state index >= 15 is 0 Å². The fraction of sp³-hybridized carbons (Fsp3) is 0.115. The molecule has 0 radical (unpaired) electrons. The topological polar surface area (TPSA) is 87.9 Å². The SMILES string of the molecule is C=COCCn1c2ccc(C)cc2c(=O)c2cc3[nH]c4ccc(C#N)cc4c(=O)c3cc21. The molecule has 0 amide bonds. The average Bonchev–Trinajstić information content (AvgIpc) is 2.81. The summed E-state index contributed by atoms with van der Waals surface area (Å²) in [6.45, 7) is 6.40. The number of aromatic amines is 1. The molecule has 6 nitrogen and oxygen atoms in total. The second kappa shape index (κ2) is 7.40. The van der Waals surface area contributed by atoms with Crippen molar-refractivity contribution < 1.29 is 4.74 Å². The number of pyridine rings is 2.